The molecule has 6 nitrogen and oxygen atoms in total. The summed E-state index contributed by atoms with van der Waals surface area (Å²) < 4.78 is 10.8. The summed E-state index contributed by atoms with van der Waals surface area (Å²) in [5.41, 5.74) is 3.05. The lowest BCUT2D eigenvalue weighted by Gasteiger charge is -2.12. The summed E-state index contributed by atoms with van der Waals surface area (Å²) >= 11 is 0. The van der Waals surface area contributed by atoms with Gasteiger partial charge in [-0.05, 0) is 30.0 Å². The first-order valence-electron chi connectivity index (χ1n) is 9.98. The molecule has 0 bridgehead atoms. The molecular formula is C23H26N4O2. The van der Waals surface area contributed by atoms with Crippen LogP contribution in [0, 0.1) is 5.92 Å². The van der Waals surface area contributed by atoms with E-state index >= 15 is 0 Å². The van der Waals surface area contributed by atoms with Crippen molar-refractivity contribution < 1.29 is 9.47 Å². The van der Waals surface area contributed by atoms with Crippen LogP contribution in [0.15, 0.2) is 54.6 Å². The maximum absolute atomic E-state index is 5.47. The molecule has 1 aromatic heterocycles. The number of benzene rings is 2. The Labute approximate surface area is 171 Å². The quantitative estimate of drug-likeness (QED) is 0.568. The number of nitrogens with zero attached hydrogens (tertiary/aromatic N) is 2. The van der Waals surface area contributed by atoms with Crippen LogP contribution in [-0.4, -0.2) is 23.3 Å². The van der Waals surface area contributed by atoms with Gasteiger partial charge in [0.05, 0.1) is 5.69 Å². The first kappa shape index (κ1) is 19.1. The average Bonchev–Trinajstić information content (AvgIpc) is 3.20. The highest BCUT2D eigenvalue weighted by Crippen LogP contribution is 2.32. The van der Waals surface area contributed by atoms with E-state index in [0.717, 1.165) is 47.1 Å². The van der Waals surface area contributed by atoms with E-state index in [1.807, 2.05) is 42.5 Å². The van der Waals surface area contributed by atoms with Crippen molar-refractivity contribution in [2.45, 2.75) is 26.8 Å². The van der Waals surface area contributed by atoms with E-state index in [1.54, 1.807) is 0 Å². The van der Waals surface area contributed by atoms with Crippen molar-refractivity contribution in [3.05, 3.63) is 60.2 Å². The number of nitrogens with one attached hydrogen (secondary N) is 2. The van der Waals surface area contributed by atoms with Crippen LogP contribution < -0.4 is 20.1 Å². The molecule has 1 aliphatic heterocycles. The van der Waals surface area contributed by atoms with Crippen molar-refractivity contribution in [2.75, 3.05) is 24.0 Å². The molecule has 0 fully saturated rings. The number of anilines is 2. The maximum atomic E-state index is 5.47. The Balaban J connectivity index is 1.52. The third-order valence-electron chi connectivity index (χ3n) is 4.71. The van der Waals surface area contributed by atoms with Crippen LogP contribution in [0.2, 0.25) is 0 Å². The van der Waals surface area contributed by atoms with Gasteiger partial charge in [-0.15, -0.1) is 0 Å². The predicted octanol–water partition coefficient (Wildman–Crippen LogP) is 4.94. The summed E-state index contributed by atoms with van der Waals surface area (Å²) in [5, 5.41) is 6.77. The van der Waals surface area contributed by atoms with Gasteiger partial charge >= 0.3 is 0 Å². The standard InChI is InChI=1S/C23H26N4O2/c1-16(2)10-11-24-23-26-19(18-6-4-3-5-7-18)13-22(27-23)25-14-17-8-9-20-21(12-17)29-15-28-20/h3-9,12-13,16H,10-11,14-15H2,1-2H3,(H2,24,25,26,27). The molecule has 1 aliphatic rings. The smallest absolute Gasteiger partial charge is 0.231 e. The second-order valence-electron chi connectivity index (χ2n) is 7.48. The lowest BCUT2D eigenvalue weighted by Crippen LogP contribution is -2.10. The summed E-state index contributed by atoms with van der Waals surface area (Å²) in [7, 11) is 0. The minimum Gasteiger partial charge on any atom is -0.454 e. The Hall–Kier alpha value is -3.28. The summed E-state index contributed by atoms with van der Waals surface area (Å²) in [4.78, 5) is 9.36. The van der Waals surface area contributed by atoms with Crippen LogP contribution in [0.1, 0.15) is 25.8 Å². The molecule has 2 heterocycles. The van der Waals surface area contributed by atoms with E-state index < -0.39 is 0 Å². The van der Waals surface area contributed by atoms with Crippen LogP contribution in [-0.2, 0) is 6.54 Å². The molecule has 0 atom stereocenters. The van der Waals surface area contributed by atoms with Gasteiger partial charge in [0.25, 0.3) is 0 Å². The van der Waals surface area contributed by atoms with Gasteiger partial charge in [0.2, 0.25) is 12.7 Å². The molecule has 0 aliphatic carbocycles. The lowest BCUT2D eigenvalue weighted by molar-refractivity contribution is 0.174. The van der Waals surface area contributed by atoms with Crippen LogP contribution in [0.5, 0.6) is 11.5 Å². The molecule has 0 saturated carbocycles. The van der Waals surface area contributed by atoms with Gasteiger partial charge < -0.3 is 20.1 Å². The number of hydrogen-bond donors (Lipinski definition) is 2. The van der Waals surface area contributed by atoms with Crippen molar-refractivity contribution in [1.82, 2.24) is 9.97 Å². The molecule has 0 radical (unpaired) electrons. The molecule has 2 aromatic carbocycles. The molecular weight excluding hydrogens is 364 g/mol. The Morgan fingerprint density at radius 2 is 1.76 bits per heavy atom. The zero-order valence-electron chi connectivity index (χ0n) is 16.8. The highest BCUT2D eigenvalue weighted by molar-refractivity contribution is 5.64. The summed E-state index contributed by atoms with van der Waals surface area (Å²) in [6, 6.07) is 18.1. The third kappa shape index (κ3) is 4.96. The van der Waals surface area contributed by atoms with Gasteiger partial charge in [-0.2, -0.15) is 4.98 Å². The molecule has 3 aromatic rings. The number of fused-ring (bicyclic) bond motifs is 1. The summed E-state index contributed by atoms with van der Waals surface area (Å²) in [6.45, 7) is 6.18. The lowest BCUT2D eigenvalue weighted by atomic mass is 10.1. The number of hydrogen-bond acceptors (Lipinski definition) is 6. The number of rotatable bonds is 8. The molecule has 6 heteroatoms. The second-order valence-corrected chi connectivity index (χ2v) is 7.48. The zero-order chi connectivity index (χ0) is 20.1. The largest absolute Gasteiger partial charge is 0.454 e. The number of ether oxygens (including phenoxy) is 2. The molecule has 0 spiro atoms. The SMILES string of the molecule is CC(C)CCNc1nc(NCc2ccc3c(c2)OCO3)cc(-c2ccccc2)n1. The van der Waals surface area contributed by atoms with Gasteiger partial charge in [-0.25, -0.2) is 4.98 Å². The molecule has 0 unspecified atom stereocenters. The van der Waals surface area contributed by atoms with Crippen molar-refractivity contribution in [3.8, 4) is 22.8 Å². The molecule has 150 valence electrons. The Morgan fingerprint density at radius 1 is 0.931 bits per heavy atom. The van der Waals surface area contributed by atoms with Gasteiger partial charge in [0.15, 0.2) is 11.5 Å². The van der Waals surface area contributed by atoms with Crippen LogP contribution in [0.4, 0.5) is 11.8 Å². The van der Waals surface area contributed by atoms with Crippen molar-refractivity contribution in [3.63, 3.8) is 0 Å². The Kier molecular flexibility index (Phi) is 5.79. The summed E-state index contributed by atoms with van der Waals surface area (Å²) in [6.07, 6.45) is 1.07. The molecule has 0 saturated heterocycles. The average molecular weight is 390 g/mol. The number of aromatic nitrogens is 2. The van der Waals surface area contributed by atoms with Gasteiger partial charge in [-0.3, -0.25) is 0 Å². The summed E-state index contributed by atoms with van der Waals surface area (Å²) in [5.74, 6) is 3.62. The minimum absolute atomic E-state index is 0.282. The Bertz CT molecular complexity index is 960. The van der Waals surface area contributed by atoms with Gasteiger partial charge in [-0.1, -0.05) is 50.2 Å². The normalized spacial score (nSPS) is 12.2. The first-order chi connectivity index (χ1) is 14.2. The fourth-order valence-corrected chi connectivity index (χ4v) is 3.09. The zero-order valence-corrected chi connectivity index (χ0v) is 16.8. The van der Waals surface area contributed by atoms with Gasteiger partial charge in [0, 0.05) is 24.7 Å². The van der Waals surface area contributed by atoms with E-state index in [0.29, 0.717) is 18.4 Å². The predicted molar refractivity (Wildman–Crippen MR) is 115 cm³/mol. The van der Waals surface area contributed by atoms with Crippen molar-refractivity contribution in [2.24, 2.45) is 5.92 Å². The van der Waals surface area contributed by atoms with E-state index in [9.17, 15) is 0 Å². The van der Waals surface area contributed by atoms with E-state index in [4.69, 9.17) is 14.5 Å². The highest BCUT2D eigenvalue weighted by Gasteiger charge is 2.13. The molecule has 29 heavy (non-hydrogen) atoms. The van der Waals surface area contributed by atoms with Crippen molar-refractivity contribution >= 4 is 11.8 Å². The van der Waals surface area contributed by atoms with E-state index in [-0.39, 0.29) is 6.79 Å². The topological polar surface area (TPSA) is 68.3 Å². The molecule has 4 rings (SSSR count). The second kappa shape index (κ2) is 8.82. The van der Waals surface area contributed by atoms with Crippen LogP contribution >= 0.6 is 0 Å². The Morgan fingerprint density at radius 3 is 2.59 bits per heavy atom. The fourth-order valence-electron chi connectivity index (χ4n) is 3.09. The van der Waals surface area contributed by atoms with E-state index in [2.05, 4.69) is 41.6 Å². The first-order valence-corrected chi connectivity index (χ1v) is 9.98. The maximum Gasteiger partial charge on any atom is 0.231 e. The van der Waals surface area contributed by atoms with Crippen LogP contribution in [0.3, 0.4) is 0 Å². The highest BCUT2D eigenvalue weighted by atomic mass is 16.7. The van der Waals surface area contributed by atoms with Crippen LogP contribution in [0.25, 0.3) is 11.3 Å². The van der Waals surface area contributed by atoms with Crippen molar-refractivity contribution in [1.29, 1.82) is 0 Å². The van der Waals surface area contributed by atoms with Gasteiger partial charge in [0.1, 0.15) is 5.82 Å². The minimum atomic E-state index is 0.282. The fraction of sp³-hybridized carbons (Fsp3) is 0.304. The molecule has 0 amide bonds. The molecule has 2 N–H and O–H groups in total. The third-order valence-corrected chi connectivity index (χ3v) is 4.71. The monoisotopic (exact) mass is 390 g/mol. The van der Waals surface area contributed by atoms with E-state index in [1.165, 1.54) is 0 Å².